The van der Waals surface area contributed by atoms with Gasteiger partial charge in [-0.25, -0.2) is 0 Å². The molecule has 2 aromatic carbocycles. The molecular formula is C24H34N4O3. The van der Waals surface area contributed by atoms with Crippen LogP contribution in [0.5, 0.6) is 11.5 Å². The van der Waals surface area contributed by atoms with E-state index in [9.17, 15) is 4.79 Å². The first-order chi connectivity index (χ1) is 14.9. The Balaban J connectivity index is 1.80. The minimum Gasteiger partial charge on any atom is -0.497 e. The van der Waals surface area contributed by atoms with Gasteiger partial charge in [0.05, 0.1) is 18.7 Å². The summed E-state index contributed by atoms with van der Waals surface area (Å²) in [6.45, 7) is 6.24. The third kappa shape index (κ3) is 5.97. The number of methoxy groups -OCH3 is 1. The maximum atomic E-state index is 13.1. The molecule has 3 rings (SSSR count). The lowest BCUT2D eigenvalue weighted by atomic mass is 9.93. The number of hydrogen-bond donors (Lipinski definition) is 3. The van der Waals surface area contributed by atoms with Crippen LogP contribution in [-0.2, 0) is 0 Å². The standard InChI is InChI=1S/C24H34N4O3/c1-16(18-7-6-8-20(13-18)30-5)26-24(29)21-10-9-19(22-15-25-27-17(22)2)14-23(21)31-12-11-28(3)4/h6-10,13-14,16-17,22,25,27H,11-12,15H2,1-5H3,(H,26,29)/t16-,17?,22?/m1/s1. The van der Waals surface area contributed by atoms with E-state index in [1.54, 1.807) is 7.11 Å². The highest BCUT2D eigenvalue weighted by molar-refractivity contribution is 5.97. The number of hydrazine groups is 1. The van der Waals surface area contributed by atoms with Crippen LogP contribution in [0.2, 0.25) is 0 Å². The van der Waals surface area contributed by atoms with E-state index < -0.39 is 0 Å². The number of ether oxygens (including phenoxy) is 2. The molecule has 0 spiro atoms. The number of carbonyl (C=O) groups is 1. The van der Waals surface area contributed by atoms with Crippen LogP contribution in [0.4, 0.5) is 0 Å². The Morgan fingerprint density at radius 1 is 1.26 bits per heavy atom. The molecule has 1 fully saturated rings. The van der Waals surface area contributed by atoms with Crippen LogP contribution in [0.3, 0.4) is 0 Å². The second kappa shape index (κ2) is 10.6. The van der Waals surface area contributed by atoms with E-state index >= 15 is 0 Å². The Kier molecular flexibility index (Phi) is 7.90. The molecule has 1 aliphatic rings. The molecule has 1 heterocycles. The normalized spacial score (nSPS) is 19.3. The van der Waals surface area contributed by atoms with Gasteiger partial charge in [0.25, 0.3) is 5.91 Å². The Bertz CT molecular complexity index is 887. The fraction of sp³-hybridized carbons (Fsp3) is 0.458. The first-order valence-electron chi connectivity index (χ1n) is 10.7. The van der Waals surface area contributed by atoms with Crippen molar-refractivity contribution in [3.8, 4) is 11.5 Å². The average Bonchev–Trinajstić information content (AvgIpc) is 3.19. The number of likely N-dealkylation sites (N-methyl/N-ethyl adjacent to an activating group) is 1. The Labute approximate surface area is 185 Å². The first kappa shape index (κ1) is 23.1. The molecule has 3 atom stereocenters. The molecule has 2 unspecified atom stereocenters. The lowest BCUT2D eigenvalue weighted by Crippen LogP contribution is -2.28. The van der Waals surface area contributed by atoms with Gasteiger partial charge >= 0.3 is 0 Å². The molecule has 0 aliphatic carbocycles. The molecule has 1 aliphatic heterocycles. The number of carbonyl (C=O) groups excluding carboxylic acids is 1. The molecule has 7 nitrogen and oxygen atoms in total. The van der Waals surface area contributed by atoms with E-state index in [0.717, 1.165) is 30.0 Å². The molecular weight excluding hydrogens is 392 g/mol. The highest BCUT2D eigenvalue weighted by atomic mass is 16.5. The van der Waals surface area contributed by atoms with Crippen LogP contribution < -0.4 is 25.6 Å². The minimum atomic E-state index is -0.167. The maximum Gasteiger partial charge on any atom is 0.255 e. The van der Waals surface area contributed by atoms with Gasteiger partial charge in [0.15, 0.2) is 0 Å². The minimum absolute atomic E-state index is 0.155. The Morgan fingerprint density at radius 3 is 2.74 bits per heavy atom. The van der Waals surface area contributed by atoms with Crippen molar-refractivity contribution >= 4 is 5.91 Å². The van der Waals surface area contributed by atoms with Crippen molar-refractivity contribution < 1.29 is 14.3 Å². The summed E-state index contributed by atoms with van der Waals surface area (Å²) in [5, 5.41) is 3.09. The van der Waals surface area contributed by atoms with Gasteiger partial charge in [0.2, 0.25) is 0 Å². The summed E-state index contributed by atoms with van der Waals surface area (Å²) in [6, 6.07) is 13.8. The molecule has 0 aromatic heterocycles. The number of nitrogens with one attached hydrogen (secondary N) is 3. The van der Waals surface area contributed by atoms with E-state index in [-0.39, 0.29) is 11.9 Å². The lowest BCUT2D eigenvalue weighted by Gasteiger charge is -2.20. The Morgan fingerprint density at radius 2 is 2.06 bits per heavy atom. The average molecular weight is 427 g/mol. The van der Waals surface area contributed by atoms with Crippen molar-refractivity contribution in [3.05, 3.63) is 59.2 Å². The van der Waals surface area contributed by atoms with Crippen molar-refractivity contribution in [2.45, 2.75) is 31.8 Å². The molecule has 31 heavy (non-hydrogen) atoms. The van der Waals surface area contributed by atoms with Crippen LogP contribution in [0.15, 0.2) is 42.5 Å². The molecule has 3 N–H and O–H groups in total. The van der Waals surface area contributed by atoms with Gasteiger partial charge in [-0.1, -0.05) is 18.2 Å². The van der Waals surface area contributed by atoms with Gasteiger partial charge in [-0.3, -0.25) is 15.6 Å². The monoisotopic (exact) mass is 426 g/mol. The molecule has 168 valence electrons. The van der Waals surface area contributed by atoms with E-state index in [0.29, 0.717) is 29.9 Å². The van der Waals surface area contributed by atoms with Crippen molar-refractivity contribution in [3.63, 3.8) is 0 Å². The Hall–Kier alpha value is -2.61. The van der Waals surface area contributed by atoms with Crippen LogP contribution in [0, 0.1) is 0 Å². The number of nitrogens with zero attached hydrogens (tertiary/aromatic N) is 1. The summed E-state index contributed by atoms with van der Waals surface area (Å²) in [5.74, 6) is 1.55. The van der Waals surface area contributed by atoms with Gasteiger partial charge in [0, 0.05) is 25.0 Å². The van der Waals surface area contributed by atoms with Gasteiger partial charge < -0.3 is 19.7 Å². The van der Waals surface area contributed by atoms with Crippen molar-refractivity contribution in [2.75, 3.05) is 40.9 Å². The van der Waals surface area contributed by atoms with E-state index in [2.05, 4.69) is 28.0 Å². The third-order valence-electron chi connectivity index (χ3n) is 5.67. The molecule has 0 bridgehead atoms. The summed E-state index contributed by atoms with van der Waals surface area (Å²) >= 11 is 0. The fourth-order valence-corrected chi connectivity index (χ4v) is 3.70. The highest BCUT2D eigenvalue weighted by Gasteiger charge is 2.26. The summed E-state index contributed by atoms with van der Waals surface area (Å²) in [4.78, 5) is 15.2. The van der Waals surface area contributed by atoms with Crippen LogP contribution >= 0.6 is 0 Å². The fourth-order valence-electron chi connectivity index (χ4n) is 3.70. The quantitative estimate of drug-likeness (QED) is 0.573. The second-order valence-electron chi connectivity index (χ2n) is 8.30. The predicted molar refractivity (Wildman–Crippen MR) is 123 cm³/mol. The van der Waals surface area contributed by atoms with Crippen molar-refractivity contribution in [2.24, 2.45) is 0 Å². The molecule has 0 saturated carbocycles. The number of rotatable bonds is 9. The van der Waals surface area contributed by atoms with E-state index in [1.807, 2.05) is 63.5 Å². The topological polar surface area (TPSA) is 74.9 Å². The molecule has 1 saturated heterocycles. The van der Waals surface area contributed by atoms with Crippen molar-refractivity contribution in [1.29, 1.82) is 0 Å². The molecule has 7 heteroatoms. The number of amides is 1. The largest absolute Gasteiger partial charge is 0.497 e. The zero-order chi connectivity index (χ0) is 22.4. The van der Waals surface area contributed by atoms with Gasteiger partial charge in [0.1, 0.15) is 18.1 Å². The van der Waals surface area contributed by atoms with Crippen LogP contribution in [0.1, 0.15) is 47.3 Å². The van der Waals surface area contributed by atoms with Gasteiger partial charge in [-0.05, 0) is 63.3 Å². The summed E-state index contributed by atoms with van der Waals surface area (Å²) in [6.07, 6.45) is 0. The van der Waals surface area contributed by atoms with E-state index in [1.165, 1.54) is 0 Å². The SMILES string of the molecule is COc1cccc([C@@H](C)NC(=O)c2ccc(C3CNNC3C)cc2OCCN(C)C)c1. The van der Waals surface area contributed by atoms with Crippen LogP contribution in [-0.4, -0.2) is 57.8 Å². The third-order valence-corrected chi connectivity index (χ3v) is 5.67. The zero-order valence-electron chi connectivity index (χ0n) is 19.1. The van der Waals surface area contributed by atoms with Crippen molar-refractivity contribution in [1.82, 2.24) is 21.1 Å². The van der Waals surface area contributed by atoms with E-state index in [4.69, 9.17) is 9.47 Å². The second-order valence-corrected chi connectivity index (χ2v) is 8.30. The predicted octanol–water partition coefficient (Wildman–Crippen LogP) is 2.71. The molecule has 0 radical (unpaired) electrons. The summed E-state index contributed by atoms with van der Waals surface area (Å²) in [7, 11) is 5.64. The zero-order valence-corrected chi connectivity index (χ0v) is 19.1. The molecule has 1 amide bonds. The highest BCUT2D eigenvalue weighted by Crippen LogP contribution is 2.29. The smallest absolute Gasteiger partial charge is 0.255 e. The van der Waals surface area contributed by atoms with Gasteiger partial charge in [-0.2, -0.15) is 0 Å². The first-order valence-corrected chi connectivity index (χ1v) is 10.7. The molecule has 2 aromatic rings. The number of hydrogen-bond acceptors (Lipinski definition) is 6. The summed E-state index contributed by atoms with van der Waals surface area (Å²) < 4.78 is 11.4. The maximum absolute atomic E-state index is 13.1. The number of benzene rings is 2. The van der Waals surface area contributed by atoms with Gasteiger partial charge in [-0.15, -0.1) is 0 Å². The summed E-state index contributed by atoms with van der Waals surface area (Å²) in [5.41, 5.74) is 9.13. The van der Waals surface area contributed by atoms with Crippen LogP contribution in [0.25, 0.3) is 0 Å². The lowest BCUT2D eigenvalue weighted by molar-refractivity contribution is 0.0935.